The molecule has 29 heavy (non-hydrogen) atoms. The molecule has 0 radical (unpaired) electrons. The second-order valence-corrected chi connectivity index (χ2v) is 7.47. The quantitative estimate of drug-likeness (QED) is 0.553. The van der Waals surface area contributed by atoms with Crippen LogP contribution in [0.15, 0.2) is 78.9 Å². The first-order valence-corrected chi connectivity index (χ1v) is 10.1. The molecular weight excluding hydrogens is 363 g/mol. The van der Waals surface area contributed by atoms with Crippen molar-refractivity contribution in [3.05, 3.63) is 95.8 Å². The fourth-order valence-electron chi connectivity index (χ4n) is 3.83. The molecule has 4 rings (SSSR count). The summed E-state index contributed by atoms with van der Waals surface area (Å²) in [6.45, 7) is 1.87. The number of benzene rings is 3. The van der Waals surface area contributed by atoms with E-state index < -0.39 is 0 Å². The zero-order valence-electron chi connectivity index (χ0n) is 16.4. The second-order valence-electron chi connectivity index (χ2n) is 7.47. The number of rotatable bonds is 6. The van der Waals surface area contributed by atoms with Crippen LogP contribution in [-0.4, -0.2) is 12.5 Å². The highest BCUT2D eigenvalue weighted by Crippen LogP contribution is 2.29. The molecule has 0 unspecified atom stereocenters. The monoisotopic (exact) mass is 388 g/mol. The minimum absolute atomic E-state index is 0.0776. The summed E-state index contributed by atoms with van der Waals surface area (Å²) in [6, 6.07) is 25.3. The van der Waals surface area contributed by atoms with Gasteiger partial charge in [0, 0.05) is 31.7 Å². The van der Waals surface area contributed by atoms with Gasteiger partial charge in [-0.25, -0.2) is 4.39 Å². The lowest BCUT2D eigenvalue weighted by Crippen LogP contribution is -2.35. The van der Waals surface area contributed by atoms with E-state index in [4.69, 9.17) is 0 Å². The summed E-state index contributed by atoms with van der Waals surface area (Å²) in [5.74, 6) is -0.221. The van der Waals surface area contributed by atoms with Crippen molar-refractivity contribution in [2.24, 2.45) is 0 Å². The lowest BCUT2D eigenvalue weighted by atomic mass is 10.1. The van der Waals surface area contributed by atoms with E-state index in [1.807, 2.05) is 47.4 Å². The normalized spacial score (nSPS) is 14.1. The van der Waals surface area contributed by atoms with Crippen molar-refractivity contribution in [2.75, 3.05) is 16.3 Å². The van der Waals surface area contributed by atoms with Crippen molar-refractivity contribution in [3.63, 3.8) is 0 Å². The van der Waals surface area contributed by atoms with Crippen molar-refractivity contribution in [1.29, 1.82) is 0 Å². The molecule has 0 atom stereocenters. The first-order chi connectivity index (χ1) is 14.2. The summed E-state index contributed by atoms with van der Waals surface area (Å²) >= 11 is 0. The number of hydrogen-bond donors (Lipinski definition) is 0. The SMILES string of the molecule is O=C1CCCCN1c1ccc(N(Cc2ccccc2)Cc2ccccc2)c(F)c1. The third-order valence-electron chi connectivity index (χ3n) is 5.34. The third kappa shape index (κ3) is 4.65. The average molecular weight is 388 g/mol. The molecule has 1 amide bonds. The van der Waals surface area contributed by atoms with Gasteiger partial charge in [-0.15, -0.1) is 0 Å². The van der Waals surface area contributed by atoms with Crippen LogP contribution in [0.4, 0.5) is 15.8 Å². The first kappa shape index (κ1) is 19.2. The van der Waals surface area contributed by atoms with Crippen molar-refractivity contribution in [1.82, 2.24) is 0 Å². The summed E-state index contributed by atoms with van der Waals surface area (Å²) < 4.78 is 15.2. The van der Waals surface area contributed by atoms with Gasteiger partial charge in [0.1, 0.15) is 5.82 Å². The van der Waals surface area contributed by atoms with Gasteiger partial charge in [0.15, 0.2) is 0 Å². The summed E-state index contributed by atoms with van der Waals surface area (Å²) in [5.41, 5.74) is 3.44. The Hall–Kier alpha value is -3.14. The topological polar surface area (TPSA) is 23.6 Å². The molecule has 1 aliphatic heterocycles. The Balaban J connectivity index is 1.63. The molecule has 148 valence electrons. The highest BCUT2D eigenvalue weighted by atomic mass is 19.1. The molecule has 3 nitrogen and oxygen atoms in total. The van der Waals surface area contributed by atoms with Gasteiger partial charge in [-0.05, 0) is 42.2 Å². The van der Waals surface area contributed by atoms with E-state index in [1.54, 1.807) is 11.0 Å². The fourth-order valence-corrected chi connectivity index (χ4v) is 3.83. The third-order valence-corrected chi connectivity index (χ3v) is 5.34. The minimum Gasteiger partial charge on any atom is -0.361 e. The summed E-state index contributed by atoms with van der Waals surface area (Å²) in [6.07, 6.45) is 2.42. The minimum atomic E-state index is -0.298. The number of piperidine rings is 1. The lowest BCUT2D eigenvalue weighted by molar-refractivity contribution is -0.119. The Morgan fingerprint density at radius 3 is 2.00 bits per heavy atom. The van der Waals surface area contributed by atoms with E-state index in [1.165, 1.54) is 6.07 Å². The molecular formula is C25H25FN2O. The summed E-state index contributed by atoms with van der Waals surface area (Å²) in [5, 5.41) is 0. The van der Waals surface area contributed by atoms with Crippen molar-refractivity contribution in [3.8, 4) is 0 Å². The van der Waals surface area contributed by atoms with Crippen molar-refractivity contribution in [2.45, 2.75) is 32.4 Å². The number of carbonyl (C=O) groups is 1. The molecule has 0 spiro atoms. The number of nitrogens with zero attached hydrogens (tertiary/aromatic N) is 2. The van der Waals surface area contributed by atoms with Gasteiger partial charge in [-0.3, -0.25) is 4.79 Å². The Bertz CT molecular complexity index is 918. The van der Waals surface area contributed by atoms with E-state index in [-0.39, 0.29) is 11.7 Å². The standard InChI is InChI=1S/C25H25FN2O/c26-23-17-22(28-16-8-7-13-25(28)29)14-15-24(23)27(18-20-9-3-1-4-10-20)19-21-11-5-2-6-12-21/h1-6,9-12,14-15,17H,7-8,13,16,18-19H2. The Kier molecular flexibility index (Phi) is 5.89. The molecule has 4 heteroatoms. The van der Waals surface area contributed by atoms with Crippen LogP contribution in [0.1, 0.15) is 30.4 Å². The highest BCUT2D eigenvalue weighted by Gasteiger charge is 2.21. The van der Waals surface area contributed by atoms with Crippen LogP contribution < -0.4 is 9.80 Å². The predicted octanol–water partition coefficient (Wildman–Crippen LogP) is 5.55. The average Bonchev–Trinajstić information content (AvgIpc) is 2.75. The number of hydrogen-bond acceptors (Lipinski definition) is 2. The number of carbonyl (C=O) groups excluding carboxylic acids is 1. The van der Waals surface area contributed by atoms with E-state index in [2.05, 4.69) is 24.3 Å². The molecule has 0 aliphatic carbocycles. The molecule has 3 aromatic carbocycles. The summed E-state index contributed by atoms with van der Waals surface area (Å²) in [4.78, 5) is 15.9. The largest absolute Gasteiger partial charge is 0.361 e. The molecule has 1 heterocycles. The van der Waals surface area contributed by atoms with Gasteiger partial charge in [-0.2, -0.15) is 0 Å². The van der Waals surface area contributed by atoms with Crippen molar-refractivity contribution >= 4 is 17.3 Å². The van der Waals surface area contributed by atoms with Gasteiger partial charge in [0.05, 0.1) is 5.69 Å². The second kappa shape index (κ2) is 8.91. The molecule has 1 fully saturated rings. The van der Waals surface area contributed by atoms with Crippen LogP contribution in [0.25, 0.3) is 0 Å². The van der Waals surface area contributed by atoms with Crippen LogP contribution in [0.5, 0.6) is 0 Å². The van der Waals surface area contributed by atoms with Crippen LogP contribution >= 0.6 is 0 Å². The fraction of sp³-hybridized carbons (Fsp3) is 0.240. The van der Waals surface area contributed by atoms with Crippen LogP contribution in [-0.2, 0) is 17.9 Å². The number of halogens is 1. The number of anilines is 2. The molecule has 1 saturated heterocycles. The van der Waals surface area contributed by atoms with Crippen LogP contribution in [0, 0.1) is 5.82 Å². The first-order valence-electron chi connectivity index (χ1n) is 10.1. The molecule has 0 saturated carbocycles. The Labute approximate surface area is 171 Å². The van der Waals surface area contributed by atoms with Gasteiger partial charge < -0.3 is 9.80 Å². The molecule has 0 bridgehead atoms. The molecule has 1 aliphatic rings. The zero-order valence-corrected chi connectivity index (χ0v) is 16.4. The lowest BCUT2D eigenvalue weighted by Gasteiger charge is -2.29. The van der Waals surface area contributed by atoms with Crippen LogP contribution in [0.2, 0.25) is 0 Å². The Morgan fingerprint density at radius 1 is 0.828 bits per heavy atom. The van der Waals surface area contributed by atoms with E-state index >= 15 is 4.39 Å². The highest BCUT2D eigenvalue weighted by molar-refractivity contribution is 5.94. The number of amides is 1. The van der Waals surface area contributed by atoms with Gasteiger partial charge in [-0.1, -0.05) is 60.7 Å². The maximum Gasteiger partial charge on any atom is 0.226 e. The molecule has 0 N–H and O–H groups in total. The van der Waals surface area contributed by atoms with Gasteiger partial charge in [0.2, 0.25) is 5.91 Å². The van der Waals surface area contributed by atoms with Crippen molar-refractivity contribution < 1.29 is 9.18 Å². The van der Waals surface area contributed by atoms with Gasteiger partial charge in [0.25, 0.3) is 0 Å². The maximum atomic E-state index is 15.2. The zero-order chi connectivity index (χ0) is 20.1. The smallest absolute Gasteiger partial charge is 0.226 e. The molecule has 3 aromatic rings. The predicted molar refractivity (Wildman–Crippen MR) is 115 cm³/mol. The van der Waals surface area contributed by atoms with E-state index in [0.29, 0.717) is 37.4 Å². The van der Waals surface area contributed by atoms with E-state index in [0.717, 1.165) is 24.0 Å². The van der Waals surface area contributed by atoms with E-state index in [9.17, 15) is 4.79 Å². The Morgan fingerprint density at radius 2 is 1.45 bits per heavy atom. The van der Waals surface area contributed by atoms with Crippen LogP contribution in [0.3, 0.4) is 0 Å². The molecule has 0 aromatic heterocycles. The summed E-state index contributed by atoms with van der Waals surface area (Å²) in [7, 11) is 0. The van der Waals surface area contributed by atoms with Gasteiger partial charge >= 0.3 is 0 Å². The maximum absolute atomic E-state index is 15.2.